The van der Waals surface area contributed by atoms with Gasteiger partial charge in [-0.05, 0) is 37.6 Å². The number of pyridine rings is 2. The number of urea groups is 1. The number of alkyl halides is 3. The highest BCUT2D eigenvalue weighted by Gasteiger charge is 2.34. The molecule has 3 heterocycles. The lowest BCUT2D eigenvalue weighted by molar-refractivity contribution is -0.140. The largest absolute Gasteiger partial charge is 0.434 e. The van der Waals surface area contributed by atoms with Crippen molar-refractivity contribution < 1.29 is 22.8 Å². The minimum Gasteiger partial charge on any atom is -0.360 e. The number of nitrogens with zero attached hydrogens (tertiary/aromatic N) is 2. The van der Waals surface area contributed by atoms with Crippen LogP contribution in [0.5, 0.6) is 0 Å². The second-order valence-corrected chi connectivity index (χ2v) is 8.34. The summed E-state index contributed by atoms with van der Waals surface area (Å²) in [6.07, 6.45) is -1.89. The zero-order valence-corrected chi connectivity index (χ0v) is 19.2. The fourth-order valence-corrected chi connectivity index (χ4v) is 4.28. The quantitative estimate of drug-likeness (QED) is 0.330. The lowest BCUT2D eigenvalue weighted by Gasteiger charge is -2.12. The Morgan fingerprint density at radius 3 is 2.60 bits per heavy atom. The molecule has 3 aromatic heterocycles. The summed E-state index contributed by atoms with van der Waals surface area (Å²) in [4.78, 5) is 47.4. The molecule has 8 nitrogen and oxygen atoms in total. The van der Waals surface area contributed by atoms with E-state index in [4.69, 9.17) is 0 Å². The van der Waals surface area contributed by atoms with E-state index in [1.165, 1.54) is 31.5 Å². The number of halogens is 3. The summed E-state index contributed by atoms with van der Waals surface area (Å²) in [7, 11) is 0. The van der Waals surface area contributed by atoms with Crippen LogP contribution < -0.4 is 16.1 Å². The third kappa shape index (κ3) is 4.92. The summed E-state index contributed by atoms with van der Waals surface area (Å²) in [5.41, 5.74) is 0.116. The number of Topliss-reactive ketones (excluding diaryl/α,β-unsaturated/α-hetero) is 1. The Balaban J connectivity index is 1.89. The van der Waals surface area contributed by atoms with Gasteiger partial charge in [0.1, 0.15) is 10.8 Å². The van der Waals surface area contributed by atoms with E-state index in [1.54, 1.807) is 19.1 Å². The topological polar surface area (TPSA) is 117 Å². The molecule has 35 heavy (non-hydrogen) atoms. The van der Waals surface area contributed by atoms with E-state index in [9.17, 15) is 27.6 Å². The number of hydrogen-bond donors (Lipinski definition) is 3. The predicted octanol–water partition coefficient (Wildman–Crippen LogP) is 5.08. The van der Waals surface area contributed by atoms with Gasteiger partial charge >= 0.3 is 12.2 Å². The Kier molecular flexibility index (Phi) is 6.39. The Labute approximate surface area is 200 Å². The molecule has 180 valence electrons. The van der Waals surface area contributed by atoms with Crippen molar-refractivity contribution in [1.29, 1.82) is 0 Å². The van der Waals surface area contributed by atoms with Crippen molar-refractivity contribution in [2.45, 2.75) is 20.0 Å². The number of thiazole rings is 1. The highest BCUT2D eigenvalue weighted by molar-refractivity contribution is 7.13. The van der Waals surface area contributed by atoms with Gasteiger partial charge in [0, 0.05) is 46.3 Å². The van der Waals surface area contributed by atoms with Crippen molar-refractivity contribution in [3.05, 3.63) is 63.5 Å². The molecule has 2 amide bonds. The standard InChI is InChI=1S/C23H18F3N5O3S/c1-3-27-22(34)31-19-7-13(21-30-18(10-35-21)23(24,25)26)16(9-29-19)12-4-5-17-14(6-12)20(33)15(8-28-17)11(2)32/h4-10H,3H2,1-2H3,(H,28,33)(H2,27,29,31,34). The molecule has 0 bridgehead atoms. The summed E-state index contributed by atoms with van der Waals surface area (Å²) in [6, 6.07) is 5.73. The van der Waals surface area contributed by atoms with E-state index in [2.05, 4.69) is 25.6 Å². The number of H-pyrrole nitrogens is 1. The van der Waals surface area contributed by atoms with Crippen LogP contribution in [0.1, 0.15) is 29.9 Å². The summed E-state index contributed by atoms with van der Waals surface area (Å²) < 4.78 is 39.6. The number of amides is 2. The number of carbonyl (C=O) groups is 2. The number of aromatic nitrogens is 3. The van der Waals surface area contributed by atoms with Gasteiger partial charge in [-0.25, -0.2) is 14.8 Å². The molecule has 0 aliphatic carbocycles. The number of rotatable bonds is 5. The molecule has 0 saturated heterocycles. The second-order valence-electron chi connectivity index (χ2n) is 7.48. The van der Waals surface area contributed by atoms with Crippen LogP contribution in [0.25, 0.3) is 32.6 Å². The van der Waals surface area contributed by atoms with Crippen molar-refractivity contribution in [1.82, 2.24) is 20.3 Å². The Morgan fingerprint density at radius 2 is 1.94 bits per heavy atom. The molecule has 4 aromatic rings. The molecule has 0 unspecified atom stereocenters. The molecule has 0 aliphatic rings. The number of nitrogens with one attached hydrogen (secondary N) is 3. The van der Waals surface area contributed by atoms with E-state index >= 15 is 0 Å². The monoisotopic (exact) mass is 501 g/mol. The lowest BCUT2D eigenvalue weighted by atomic mass is 9.99. The maximum atomic E-state index is 13.2. The van der Waals surface area contributed by atoms with Gasteiger partial charge in [0.2, 0.25) is 0 Å². The Bertz CT molecular complexity index is 1510. The van der Waals surface area contributed by atoms with E-state index in [0.717, 1.165) is 16.7 Å². The molecule has 0 atom stereocenters. The molecule has 0 radical (unpaired) electrons. The maximum Gasteiger partial charge on any atom is 0.434 e. The molecular weight excluding hydrogens is 483 g/mol. The Hall–Kier alpha value is -4.06. The van der Waals surface area contributed by atoms with E-state index in [0.29, 0.717) is 23.2 Å². The van der Waals surface area contributed by atoms with Gasteiger partial charge < -0.3 is 10.3 Å². The van der Waals surface area contributed by atoms with Crippen LogP contribution in [0.2, 0.25) is 0 Å². The van der Waals surface area contributed by atoms with Crippen molar-refractivity contribution in [3.8, 4) is 21.7 Å². The number of benzene rings is 1. The van der Waals surface area contributed by atoms with Crippen molar-refractivity contribution >= 4 is 39.9 Å². The zero-order chi connectivity index (χ0) is 25.3. The van der Waals surface area contributed by atoms with Crippen molar-refractivity contribution in [2.75, 3.05) is 11.9 Å². The predicted molar refractivity (Wildman–Crippen MR) is 127 cm³/mol. The highest BCUT2D eigenvalue weighted by atomic mass is 32.1. The first-order valence-electron chi connectivity index (χ1n) is 10.3. The molecule has 0 fully saturated rings. The molecule has 4 rings (SSSR count). The summed E-state index contributed by atoms with van der Waals surface area (Å²) in [6.45, 7) is 3.38. The average Bonchev–Trinajstić information content (AvgIpc) is 3.30. The van der Waals surface area contributed by atoms with Gasteiger partial charge in [0.25, 0.3) is 0 Å². The van der Waals surface area contributed by atoms with E-state index < -0.39 is 29.1 Å². The fraction of sp³-hybridized carbons (Fsp3) is 0.174. The molecule has 1 aromatic carbocycles. The maximum absolute atomic E-state index is 13.2. The van der Waals surface area contributed by atoms with Crippen molar-refractivity contribution in [2.24, 2.45) is 0 Å². The summed E-state index contributed by atoms with van der Waals surface area (Å²) >= 11 is 0.790. The van der Waals surface area contributed by atoms with Gasteiger partial charge in [0.15, 0.2) is 16.9 Å². The minimum atomic E-state index is -4.62. The number of hydrogen-bond acceptors (Lipinski definition) is 6. The Morgan fingerprint density at radius 1 is 1.17 bits per heavy atom. The molecule has 12 heteroatoms. The first kappa shape index (κ1) is 24.1. The van der Waals surface area contributed by atoms with E-state index in [-0.39, 0.29) is 27.3 Å². The number of aromatic amines is 1. The average molecular weight is 501 g/mol. The van der Waals surface area contributed by atoms with Crippen LogP contribution in [0.15, 0.2) is 46.8 Å². The molecule has 0 saturated carbocycles. The smallest absolute Gasteiger partial charge is 0.360 e. The first-order chi connectivity index (χ1) is 16.6. The zero-order valence-electron chi connectivity index (χ0n) is 18.4. The molecule has 0 spiro atoms. The highest BCUT2D eigenvalue weighted by Crippen LogP contribution is 2.38. The van der Waals surface area contributed by atoms with Crippen LogP contribution in [0.4, 0.5) is 23.8 Å². The number of fused-ring (bicyclic) bond motifs is 1. The van der Waals surface area contributed by atoms with Crippen molar-refractivity contribution in [3.63, 3.8) is 0 Å². The summed E-state index contributed by atoms with van der Waals surface area (Å²) in [5, 5.41) is 6.27. The fourth-order valence-electron chi connectivity index (χ4n) is 3.43. The third-order valence-electron chi connectivity index (χ3n) is 5.08. The number of ketones is 1. The first-order valence-corrected chi connectivity index (χ1v) is 11.2. The van der Waals surface area contributed by atoms with E-state index in [1.807, 2.05) is 0 Å². The molecule has 3 N–H and O–H groups in total. The van der Waals surface area contributed by atoms with Crippen LogP contribution in [0, 0.1) is 0 Å². The van der Waals surface area contributed by atoms with Crippen LogP contribution in [0.3, 0.4) is 0 Å². The third-order valence-corrected chi connectivity index (χ3v) is 5.95. The summed E-state index contributed by atoms with van der Waals surface area (Å²) in [5.74, 6) is -0.292. The lowest BCUT2D eigenvalue weighted by Crippen LogP contribution is -2.28. The minimum absolute atomic E-state index is 0.00998. The SMILES string of the molecule is CCNC(=O)Nc1cc(-c2nc(C(F)(F)F)cs2)c(-c2ccc3[nH]cc(C(C)=O)c(=O)c3c2)cn1. The van der Waals surface area contributed by atoms with Gasteiger partial charge in [-0.3, -0.25) is 14.9 Å². The molecular formula is C23H18F3N5O3S. The van der Waals surface area contributed by atoms with Gasteiger partial charge in [-0.15, -0.1) is 11.3 Å². The van der Waals surface area contributed by atoms with Crippen LogP contribution in [-0.4, -0.2) is 33.3 Å². The number of carbonyl (C=O) groups excluding carboxylic acids is 2. The van der Waals surface area contributed by atoms with Crippen LogP contribution >= 0.6 is 11.3 Å². The van der Waals surface area contributed by atoms with Crippen LogP contribution in [-0.2, 0) is 6.18 Å². The van der Waals surface area contributed by atoms with Gasteiger partial charge in [0.05, 0.1) is 5.56 Å². The normalized spacial score (nSPS) is 11.5. The number of anilines is 1. The van der Waals surface area contributed by atoms with Gasteiger partial charge in [-0.2, -0.15) is 13.2 Å². The molecule has 0 aliphatic heterocycles. The second kappa shape index (κ2) is 9.29. The van der Waals surface area contributed by atoms with Gasteiger partial charge in [-0.1, -0.05) is 6.07 Å².